The first kappa shape index (κ1) is 13.1. The summed E-state index contributed by atoms with van der Waals surface area (Å²) in [5.41, 5.74) is 0.701. The molecular formula is C13H14BrClO2. The van der Waals surface area contributed by atoms with Crippen molar-refractivity contribution in [2.45, 2.75) is 31.8 Å². The lowest BCUT2D eigenvalue weighted by molar-refractivity contribution is 0.0859. The molecule has 1 aromatic carbocycles. The lowest BCUT2D eigenvalue weighted by atomic mass is 10.0. The van der Waals surface area contributed by atoms with E-state index >= 15 is 0 Å². The van der Waals surface area contributed by atoms with Crippen molar-refractivity contribution in [1.82, 2.24) is 0 Å². The molecule has 2 rings (SSSR count). The molecule has 0 aromatic heterocycles. The summed E-state index contributed by atoms with van der Waals surface area (Å²) in [6.45, 7) is 0.837. The SMILES string of the molecule is O=C(CCC1CCCO1)c1ccc(Cl)cc1Br. The Labute approximate surface area is 114 Å². The fraction of sp³-hybridized carbons (Fsp3) is 0.462. The first-order valence-corrected chi connectivity index (χ1v) is 6.94. The van der Waals surface area contributed by atoms with Crippen LogP contribution in [0, 0.1) is 0 Å². The van der Waals surface area contributed by atoms with Gasteiger partial charge in [0.15, 0.2) is 5.78 Å². The minimum atomic E-state index is 0.143. The van der Waals surface area contributed by atoms with E-state index in [4.69, 9.17) is 16.3 Å². The number of hydrogen-bond acceptors (Lipinski definition) is 2. The summed E-state index contributed by atoms with van der Waals surface area (Å²) in [4.78, 5) is 12.0. The molecule has 1 unspecified atom stereocenters. The van der Waals surface area contributed by atoms with Gasteiger partial charge in [0.1, 0.15) is 0 Å². The molecule has 17 heavy (non-hydrogen) atoms. The van der Waals surface area contributed by atoms with Crippen LogP contribution >= 0.6 is 27.5 Å². The molecule has 0 saturated carbocycles. The molecule has 1 aliphatic heterocycles. The lowest BCUT2D eigenvalue weighted by Gasteiger charge is -2.09. The predicted molar refractivity (Wildman–Crippen MR) is 71.7 cm³/mol. The molecule has 0 radical (unpaired) electrons. The molecule has 1 atom stereocenters. The summed E-state index contributed by atoms with van der Waals surface area (Å²) >= 11 is 9.21. The normalized spacial score (nSPS) is 19.5. The zero-order valence-electron chi connectivity index (χ0n) is 9.42. The Morgan fingerprint density at radius 3 is 3.00 bits per heavy atom. The van der Waals surface area contributed by atoms with E-state index in [0.717, 1.165) is 30.3 Å². The Morgan fingerprint density at radius 1 is 1.53 bits per heavy atom. The van der Waals surface area contributed by atoms with Gasteiger partial charge in [-0.1, -0.05) is 11.6 Å². The number of ether oxygens (including phenoxy) is 1. The van der Waals surface area contributed by atoms with Gasteiger partial charge in [-0.3, -0.25) is 4.79 Å². The van der Waals surface area contributed by atoms with E-state index in [2.05, 4.69) is 15.9 Å². The van der Waals surface area contributed by atoms with Crippen LogP contribution in [-0.2, 0) is 4.74 Å². The highest BCUT2D eigenvalue weighted by molar-refractivity contribution is 9.10. The number of Topliss-reactive ketones (excluding diaryl/α,β-unsaturated/α-hetero) is 1. The largest absolute Gasteiger partial charge is 0.378 e. The maximum absolute atomic E-state index is 12.0. The van der Waals surface area contributed by atoms with Gasteiger partial charge in [-0.15, -0.1) is 0 Å². The second kappa shape index (κ2) is 5.98. The molecule has 2 nitrogen and oxygen atoms in total. The van der Waals surface area contributed by atoms with Crippen LogP contribution in [0.4, 0.5) is 0 Å². The van der Waals surface area contributed by atoms with Crippen molar-refractivity contribution < 1.29 is 9.53 Å². The standard InChI is InChI=1S/C13H14BrClO2/c14-12-8-9(15)3-5-11(12)13(16)6-4-10-2-1-7-17-10/h3,5,8,10H,1-2,4,6-7H2. The highest BCUT2D eigenvalue weighted by Gasteiger charge is 2.18. The molecule has 0 N–H and O–H groups in total. The number of carbonyl (C=O) groups is 1. The number of benzene rings is 1. The Balaban J connectivity index is 1.94. The number of halogens is 2. The Kier molecular flexibility index (Phi) is 4.60. The summed E-state index contributed by atoms with van der Waals surface area (Å²) < 4.78 is 6.27. The average molecular weight is 318 g/mol. The van der Waals surface area contributed by atoms with E-state index in [1.165, 1.54) is 0 Å². The van der Waals surface area contributed by atoms with Gasteiger partial charge in [0.05, 0.1) is 6.10 Å². The molecule has 0 spiro atoms. The van der Waals surface area contributed by atoms with Crippen LogP contribution < -0.4 is 0 Å². The molecule has 0 amide bonds. The molecule has 1 aliphatic rings. The van der Waals surface area contributed by atoms with Crippen molar-refractivity contribution in [2.75, 3.05) is 6.61 Å². The third-order valence-electron chi connectivity index (χ3n) is 2.95. The van der Waals surface area contributed by atoms with Crippen LogP contribution in [0.2, 0.25) is 5.02 Å². The van der Waals surface area contributed by atoms with Gasteiger partial charge in [-0.2, -0.15) is 0 Å². The third-order valence-corrected chi connectivity index (χ3v) is 3.84. The quantitative estimate of drug-likeness (QED) is 0.776. The summed E-state index contributed by atoms with van der Waals surface area (Å²) in [5, 5.41) is 0.632. The summed E-state index contributed by atoms with van der Waals surface area (Å²) in [6, 6.07) is 5.26. The number of rotatable bonds is 4. The van der Waals surface area contributed by atoms with Crippen LogP contribution in [0.1, 0.15) is 36.0 Å². The van der Waals surface area contributed by atoms with Crippen LogP contribution in [0.3, 0.4) is 0 Å². The minimum absolute atomic E-state index is 0.143. The fourth-order valence-corrected chi connectivity index (χ4v) is 2.92. The fourth-order valence-electron chi connectivity index (χ4n) is 2.01. The first-order chi connectivity index (χ1) is 8.16. The zero-order chi connectivity index (χ0) is 12.3. The zero-order valence-corrected chi connectivity index (χ0v) is 11.8. The summed E-state index contributed by atoms with van der Waals surface area (Å²) in [7, 11) is 0. The minimum Gasteiger partial charge on any atom is -0.378 e. The van der Waals surface area contributed by atoms with Crippen molar-refractivity contribution in [2.24, 2.45) is 0 Å². The molecule has 1 fully saturated rings. The second-order valence-corrected chi connectivity index (χ2v) is 5.51. The van der Waals surface area contributed by atoms with Crippen LogP contribution in [0.25, 0.3) is 0 Å². The molecule has 1 saturated heterocycles. The Bertz CT molecular complexity index is 414. The second-order valence-electron chi connectivity index (χ2n) is 4.22. The maximum Gasteiger partial charge on any atom is 0.164 e. The van der Waals surface area contributed by atoms with Gasteiger partial charge < -0.3 is 4.74 Å². The van der Waals surface area contributed by atoms with Gasteiger partial charge >= 0.3 is 0 Å². The van der Waals surface area contributed by atoms with Gasteiger partial charge in [0.2, 0.25) is 0 Å². The highest BCUT2D eigenvalue weighted by Crippen LogP contribution is 2.24. The van der Waals surface area contributed by atoms with Crippen molar-refractivity contribution in [3.8, 4) is 0 Å². The number of ketones is 1. The van der Waals surface area contributed by atoms with E-state index in [-0.39, 0.29) is 11.9 Å². The molecular weight excluding hydrogens is 303 g/mol. The van der Waals surface area contributed by atoms with Gasteiger partial charge in [0, 0.05) is 28.1 Å². The molecule has 0 aliphatic carbocycles. The van der Waals surface area contributed by atoms with E-state index in [0.29, 0.717) is 17.0 Å². The van der Waals surface area contributed by atoms with E-state index in [9.17, 15) is 4.79 Å². The van der Waals surface area contributed by atoms with Crippen molar-refractivity contribution in [1.29, 1.82) is 0 Å². The first-order valence-electron chi connectivity index (χ1n) is 5.76. The van der Waals surface area contributed by atoms with Gasteiger partial charge in [-0.05, 0) is 53.4 Å². The average Bonchev–Trinajstić information content (AvgIpc) is 2.78. The molecule has 1 aromatic rings. The highest BCUT2D eigenvalue weighted by atomic mass is 79.9. The maximum atomic E-state index is 12.0. The third kappa shape index (κ3) is 3.54. The summed E-state index contributed by atoms with van der Waals surface area (Å²) in [5.74, 6) is 0.143. The summed E-state index contributed by atoms with van der Waals surface area (Å²) in [6.07, 6.45) is 3.81. The predicted octanol–water partition coefficient (Wildman–Crippen LogP) is 4.24. The molecule has 92 valence electrons. The van der Waals surface area contributed by atoms with E-state index in [1.807, 2.05) is 0 Å². The van der Waals surface area contributed by atoms with Crippen molar-refractivity contribution in [3.05, 3.63) is 33.3 Å². The smallest absolute Gasteiger partial charge is 0.164 e. The monoisotopic (exact) mass is 316 g/mol. The number of hydrogen-bond donors (Lipinski definition) is 0. The van der Waals surface area contributed by atoms with Crippen LogP contribution in [0.15, 0.2) is 22.7 Å². The van der Waals surface area contributed by atoms with Crippen molar-refractivity contribution in [3.63, 3.8) is 0 Å². The Hall–Kier alpha value is -0.380. The Morgan fingerprint density at radius 2 is 2.35 bits per heavy atom. The van der Waals surface area contributed by atoms with Gasteiger partial charge in [0.25, 0.3) is 0 Å². The molecule has 1 heterocycles. The molecule has 0 bridgehead atoms. The topological polar surface area (TPSA) is 26.3 Å². The molecule has 4 heteroatoms. The van der Waals surface area contributed by atoms with E-state index in [1.54, 1.807) is 18.2 Å². The van der Waals surface area contributed by atoms with Gasteiger partial charge in [-0.25, -0.2) is 0 Å². The number of carbonyl (C=O) groups excluding carboxylic acids is 1. The van der Waals surface area contributed by atoms with Crippen LogP contribution in [-0.4, -0.2) is 18.5 Å². The van der Waals surface area contributed by atoms with Crippen LogP contribution in [0.5, 0.6) is 0 Å². The van der Waals surface area contributed by atoms with E-state index < -0.39 is 0 Å². The van der Waals surface area contributed by atoms with Crippen molar-refractivity contribution >= 4 is 33.3 Å². The lowest BCUT2D eigenvalue weighted by Crippen LogP contribution is -2.09.